The van der Waals surface area contributed by atoms with Crippen molar-refractivity contribution in [3.63, 3.8) is 0 Å². The Bertz CT molecular complexity index is 864. The van der Waals surface area contributed by atoms with Crippen LogP contribution in [0.3, 0.4) is 0 Å². The number of esters is 1. The minimum Gasteiger partial charge on any atom is -0.452 e. The van der Waals surface area contributed by atoms with Crippen molar-refractivity contribution in [2.24, 2.45) is 0 Å². The number of nitrogens with one attached hydrogen (secondary N) is 1. The van der Waals surface area contributed by atoms with Crippen molar-refractivity contribution in [2.75, 3.05) is 24.5 Å². The number of amides is 1. The van der Waals surface area contributed by atoms with Crippen LogP contribution in [0.25, 0.3) is 0 Å². The first kappa shape index (κ1) is 19.5. The molecule has 26 heavy (non-hydrogen) atoms. The summed E-state index contributed by atoms with van der Waals surface area (Å²) in [7, 11) is -2.29. The van der Waals surface area contributed by atoms with E-state index in [9.17, 15) is 18.0 Å². The van der Waals surface area contributed by atoms with Gasteiger partial charge in [0.2, 0.25) is 0 Å². The molecule has 0 heterocycles. The van der Waals surface area contributed by atoms with E-state index in [-0.39, 0.29) is 17.1 Å². The Morgan fingerprint density at radius 3 is 2.23 bits per heavy atom. The molecule has 0 atom stereocenters. The Morgan fingerprint density at radius 2 is 1.65 bits per heavy atom. The second-order valence-electron chi connectivity index (χ2n) is 5.36. The number of rotatable bonds is 7. The van der Waals surface area contributed by atoms with Gasteiger partial charge in [-0.05, 0) is 43.3 Å². The van der Waals surface area contributed by atoms with Crippen LogP contribution in [0.1, 0.15) is 17.3 Å². The monoisotopic (exact) mass is 376 g/mol. The number of para-hydroxylation sites is 1. The number of carbonyl (C=O) groups excluding carboxylic acids is 2. The maximum absolute atomic E-state index is 12.7. The van der Waals surface area contributed by atoms with E-state index in [2.05, 4.69) is 5.32 Å². The van der Waals surface area contributed by atoms with Crippen molar-refractivity contribution in [1.82, 2.24) is 5.32 Å². The van der Waals surface area contributed by atoms with Crippen LogP contribution in [-0.4, -0.2) is 40.5 Å². The van der Waals surface area contributed by atoms with Gasteiger partial charge in [-0.25, -0.2) is 13.2 Å². The van der Waals surface area contributed by atoms with Crippen molar-refractivity contribution in [3.8, 4) is 0 Å². The quantitative estimate of drug-likeness (QED) is 0.744. The lowest BCUT2D eigenvalue weighted by Crippen LogP contribution is -2.28. The van der Waals surface area contributed by atoms with Crippen molar-refractivity contribution < 1.29 is 22.7 Å². The fourth-order valence-electron chi connectivity index (χ4n) is 2.16. The molecular weight excluding hydrogens is 356 g/mol. The molecule has 2 aromatic rings. The summed E-state index contributed by atoms with van der Waals surface area (Å²) in [6, 6.07) is 14.0. The highest BCUT2D eigenvalue weighted by Crippen LogP contribution is 2.22. The highest BCUT2D eigenvalue weighted by Gasteiger charge is 2.21. The van der Waals surface area contributed by atoms with Crippen LogP contribution >= 0.6 is 0 Å². The van der Waals surface area contributed by atoms with E-state index in [1.807, 2.05) is 0 Å². The van der Waals surface area contributed by atoms with E-state index < -0.39 is 21.9 Å². The predicted molar refractivity (Wildman–Crippen MR) is 97.4 cm³/mol. The van der Waals surface area contributed by atoms with E-state index in [0.717, 1.165) is 4.31 Å². The maximum atomic E-state index is 12.7. The van der Waals surface area contributed by atoms with Gasteiger partial charge in [0, 0.05) is 13.6 Å². The van der Waals surface area contributed by atoms with Crippen LogP contribution < -0.4 is 9.62 Å². The normalized spacial score (nSPS) is 10.8. The van der Waals surface area contributed by atoms with Crippen molar-refractivity contribution in [2.45, 2.75) is 11.8 Å². The van der Waals surface area contributed by atoms with Gasteiger partial charge in [-0.2, -0.15) is 0 Å². The van der Waals surface area contributed by atoms with Gasteiger partial charge < -0.3 is 10.1 Å². The molecule has 0 spiro atoms. The zero-order chi connectivity index (χ0) is 19.2. The lowest BCUT2D eigenvalue weighted by molar-refractivity contribution is -0.124. The summed E-state index contributed by atoms with van der Waals surface area (Å²) in [4.78, 5) is 23.3. The summed E-state index contributed by atoms with van der Waals surface area (Å²) in [5, 5.41) is 2.51. The first-order valence-corrected chi connectivity index (χ1v) is 9.38. The summed E-state index contributed by atoms with van der Waals surface area (Å²) in [6.45, 7) is 1.81. The maximum Gasteiger partial charge on any atom is 0.338 e. The number of ether oxygens (including phenoxy) is 1. The number of anilines is 1. The molecule has 0 aromatic heterocycles. The van der Waals surface area contributed by atoms with Crippen LogP contribution in [0.15, 0.2) is 59.5 Å². The number of likely N-dealkylation sites (N-methyl/N-ethyl adjacent to an activating group) is 1. The molecule has 0 fully saturated rings. The summed E-state index contributed by atoms with van der Waals surface area (Å²) >= 11 is 0. The zero-order valence-corrected chi connectivity index (χ0v) is 15.3. The molecule has 0 aliphatic heterocycles. The van der Waals surface area contributed by atoms with Crippen LogP contribution in [0, 0.1) is 0 Å². The summed E-state index contributed by atoms with van der Waals surface area (Å²) in [6.07, 6.45) is 0. The molecular formula is C18H20N2O5S. The van der Waals surface area contributed by atoms with Gasteiger partial charge in [-0.3, -0.25) is 9.10 Å². The number of sulfonamides is 1. The largest absolute Gasteiger partial charge is 0.452 e. The Kier molecular flexibility index (Phi) is 6.35. The molecule has 8 heteroatoms. The van der Waals surface area contributed by atoms with Gasteiger partial charge in [-0.15, -0.1) is 0 Å². The smallest absolute Gasteiger partial charge is 0.338 e. The number of carbonyl (C=O) groups is 2. The second kappa shape index (κ2) is 8.48. The number of hydrogen-bond acceptors (Lipinski definition) is 5. The Balaban J connectivity index is 2.11. The average Bonchev–Trinajstić information content (AvgIpc) is 2.66. The van der Waals surface area contributed by atoms with Gasteiger partial charge in [0.1, 0.15) is 0 Å². The molecule has 7 nitrogen and oxygen atoms in total. The van der Waals surface area contributed by atoms with Gasteiger partial charge in [0.15, 0.2) is 6.61 Å². The summed E-state index contributed by atoms with van der Waals surface area (Å²) in [5.74, 6) is -1.10. The van der Waals surface area contributed by atoms with Crippen LogP contribution in [0.4, 0.5) is 5.69 Å². The first-order chi connectivity index (χ1) is 12.4. The molecule has 1 amide bonds. The highest BCUT2D eigenvalue weighted by atomic mass is 32.2. The second-order valence-corrected chi connectivity index (χ2v) is 7.33. The Morgan fingerprint density at radius 1 is 1.04 bits per heavy atom. The van der Waals surface area contributed by atoms with E-state index in [1.54, 1.807) is 37.3 Å². The molecule has 138 valence electrons. The van der Waals surface area contributed by atoms with Gasteiger partial charge in [0.05, 0.1) is 16.1 Å². The molecule has 0 bridgehead atoms. The van der Waals surface area contributed by atoms with E-state index >= 15 is 0 Å². The highest BCUT2D eigenvalue weighted by molar-refractivity contribution is 7.92. The third-order valence-electron chi connectivity index (χ3n) is 3.58. The van der Waals surface area contributed by atoms with Crippen molar-refractivity contribution in [3.05, 3.63) is 60.2 Å². The lowest BCUT2D eigenvalue weighted by atomic mass is 10.2. The molecule has 0 unspecified atom stereocenters. The topological polar surface area (TPSA) is 92.8 Å². The molecule has 0 saturated heterocycles. The molecule has 0 aliphatic rings. The Labute approximate surface area is 152 Å². The molecule has 0 saturated carbocycles. The fraction of sp³-hybridized carbons (Fsp3) is 0.222. The van der Waals surface area contributed by atoms with Crippen molar-refractivity contribution >= 4 is 27.6 Å². The van der Waals surface area contributed by atoms with Gasteiger partial charge >= 0.3 is 5.97 Å². The third kappa shape index (κ3) is 4.60. The van der Waals surface area contributed by atoms with Crippen molar-refractivity contribution in [1.29, 1.82) is 0 Å². The average molecular weight is 376 g/mol. The fourth-order valence-corrected chi connectivity index (χ4v) is 3.36. The predicted octanol–water partition coefficient (Wildman–Crippen LogP) is 1.80. The minimum atomic E-state index is -3.75. The van der Waals surface area contributed by atoms with Gasteiger partial charge in [-0.1, -0.05) is 18.2 Å². The summed E-state index contributed by atoms with van der Waals surface area (Å²) in [5.41, 5.74) is 0.688. The van der Waals surface area contributed by atoms with Crippen LogP contribution in [-0.2, 0) is 19.6 Å². The first-order valence-electron chi connectivity index (χ1n) is 7.94. The van der Waals surface area contributed by atoms with E-state index in [1.165, 1.54) is 31.3 Å². The third-order valence-corrected chi connectivity index (χ3v) is 5.38. The molecule has 0 radical (unpaired) electrons. The Hall–Kier alpha value is -2.87. The molecule has 1 N–H and O–H groups in total. The molecule has 2 aromatic carbocycles. The SMILES string of the molecule is CCNC(=O)COC(=O)c1ccc(S(=O)(=O)N(C)c2ccccc2)cc1. The lowest BCUT2D eigenvalue weighted by Gasteiger charge is -2.19. The number of benzene rings is 2. The standard InChI is InChI=1S/C18H20N2O5S/c1-3-19-17(21)13-25-18(22)14-9-11-16(12-10-14)26(23,24)20(2)15-7-5-4-6-8-15/h4-12H,3,13H2,1-2H3,(H,19,21). The van der Waals surface area contributed by atoms with Gasteiger partial charge in [0.25, 0.3) is 15.9 Å². The van der Waals surface area contributed by atoms with Crippen LogP contribution in [0.2, 0.25) is 0 Å². The molecule has 2 rings (SSSR count). The van der Waals surface area contributed by atoms with E-state index in [4.69, 9.17) is 4.74 Å². The van der Waals surface area contributed by atoms with E-state index in [0.29, 0.717) is 12.2 Å². The zero-order valence-electron chi connectivity index (χ0n) is 14.5. The number of nitrogens with zero attached hydrogens (tertiary/aromatic N) is 1. The minimum absolute atomic E-state index is 0.0455. The van der Waals surface area contributed by atoms with Crippen LogP contribution in [0.5, 0.6) is 0 Å². The summed E-state index contributed by atoms with van der Waals surface area (Å²) < 4.78 is 31.4. The molecule has 0 aliphatic carbocycles. The number of hydrogen-bond donors (Lipinski definition) is 1.